The van der Waals surface area contributed by atoms with Gasteiger partial charge in [0.25, 0.3) is 0 Å². The number of fused-ring (bicyclic) bond motifs is 1. The molecule has 2 aliphatic rings. The predicted molar refractivity (Wildman–Crippen MR) is 170 cm³/mol. The van der Waals surface area contributed by atoms with Crippen molar-refractivity contribution in [3.05, 3.63) is 59.2 Å². The van der Waals surface area contributed by atoms with E-state index in [0.29, 0.717) is 58.6 Å². The van der Waals surface area contributed by atoms with Crippen LogP contribution in [0.25, 0.3) is 0 Å². The summed E-state index contributed by atoms with van der Waals surface area (Å²) >= 11 is 0. The third-order valence-electron chi connectivity index (χ3n) is 8.41. The van der Waals surface area contributed by atoms with Crippen LogP contribution in [0.15, 0.2) is 42.5 Å². The SMILES string of the molecule is COCCCN1CCOc2ccc(CO[C@H]3CN(C(=O)C(C)N)C[C@@H](CO)[C@@H]3c3ccc(COCC(C)COC)cc3)cc21. The normalized spacial score (nSPS) is 21.5. The van der Waals surface area contributed by atoms with Crippen LogP contribution < -0.4 is 15.4 Å². The number of ether oxygens (including phenoxy) is 5. The second-order valence-electron chi connectivity index (χ2n) is 12.2. The smallest absolute Gasteiger partial charge is 0.239 e. The number of rotatable bonds is 16. The second kappa shape index (κ2) is 17.1. The van der Waals surface area contributed by atoms with Gasteiger partial charge in [-0.1, -0.05) is 37.3 Å². The zero-order valence-electron chi connectivity index (χ0n) is 26.8. The van der Waals surface area contributed by atoms with Gasteiger partial charge in [0.05, 0.1) is 50.8 Å². The quantitative estimate of drug-likeness (QED) is 0.276. The van der Waals surface area contributed by atoms with Crippen LogP contribution in [-0.4, -0.2) is 101 Å². The summed E-state index contributed by atoms with van der Waals surface area (Å²) in [6, 6.07) is 13.9. The Hall–Kier alpha value is -2.73. The van der Waals surface area contributed by atoms with Gasteiger partial charge < -0.3 is 44.3 Å². The average molecular weight is 614 g/mol. The van der Waals surface area contributed by atoms with Gasteiger partial charge in [0.1, 0.15) is 12.4 Å². The lowest BCUT2D eigenvalue weighted by Gasteiger charge is -2.44. The van der Waals surface area contributed by atoms with Crippen molar-refractivity contribution < 1.29 is 33.6 Å². The molecule has 2 aliphatic heterocycles. The minimum atomic E-state index is -0.623. The minimum Gasteiger partial charge on any atom is -0.490 e. The first-order valence-electron chi connectivity index (χ1n) is 15.8. The Morgan fingerprint density at radius 3 is 2.52 bits per heavy atom. The number of aliphatic hydroxyl groups excluding tert-OH is 1. The Balaban J connectivity index is 1.50. The van der Waals surface area contributed by atoms with Crippen molar-refractivity contribution in [1.82, 2.24) is 4.90 Å². The van der Waals surface area contributed by atoms with Crippen molar-refractivity contribution in [3.8, 4) is 5.75 Å². The number of nitrogens with zero attached hydrogens (tertiary/aromatic N) is 2. The number of aliphatic hydroxyl groups is 1. The zero-order chi connectivity index (χ0) is 31.5. The van der Waals surface area contributed by atoms with Crippen LogP contribution in [0.5, 0.6) is 5.75 Å². The highest BCUT2D eigenvalue weighted by Gasteiger charge is 2.40. The topological polar surface area (TPSA) is 116 Å². The summed E-state index contributed by atoms with van der Waals surface area (Å²) in [4.78, 5) is 17.1. The largest absolute Gasteiger partial charge is 0.490 e. The van der Waals surface area contributed by atoms with Crippen molar-refractivity contribution in [2.24, 2.45) is 17.6 Å². The number of nitrogens with two attached hydrogens (primary N) is 1. The number of methoxy groups -OCH3 is 2. The van der Waals surface area contributed by atoms with Gasteiger partial charge in [-0.3, -0.25) is 4.79 Å². The van der Waals surface area contributed by atoms with Gasteiger partial charge in [-0.15, -0.1) is 0 Å². The van der Waals surface area contributed by atoms with E-state index in [4.69, 9.17) is 29.4 Å². The molecule has 10 nitrogen and oxygen atoms in total. The highest BCUT2D eigenvalue weighted by atomic mass is 16.5. The lowest BCUT2D eigenvalue weighted by atomic mass is 9.78. The molecule has 3 N–H and O–H groups in total. The van der Waals surface area contributed by atoms with Crippen molar-refractivity contribution in [1.29, 1.82) is 0 Å². The number of piperidine rings is 1. The van der Waals surface area contributed by atoms with E-state index < -0.39 is 6.04 Å². The highest BCUT2D eigenvalue weighted by molar-refractivity contribution is 5.81. The summed E-state index contributed by atoms with van der Waals surface area (Å²) in [5, 5.41) is 10.5. The molecule has 244 valence electrons. The van der Waals surface area contributed by atoms with Crippen LogP contribution in [0.2, 0.25) is 0 Å². The number of anilines is 1. The fourth-order valence-electron chi connectivity index (χ4n) is 6.18. The monoisotopic (exact) mass is 613 g/mol. The molecule has 1 fully saturated rings. The minimum absolute atomic E-state index is 0.0673. The number of benzene rings is 2. The molecule has 2 heterocycles. The average Bonchev–Trinajstić information content (AvgIpc) is 3.03. The number of amides is 1. The van der Waals surface area contributed by atoms with Crippen molar-refractivity contribution >= 4 is 11.6 Å². The summed E-state index contributed by atoms with van der Waals surface area (Å²) in [5.41, 5.74) is 10.2. The molecule has 0 spiro atoms. The lowest BCUT2D eigenvalue weighted by molar-refractivity contribution is -0.140. The number of carbonyl (C=O) groups is 1. The Morgan fingerprint density at radius 1 is 1.05 bits per heavy atom. The van der Waals surface area contributed by atoms with E-state index in [2.05, 4.69) is 42.2 Å². The summed E-state index contributed by atoms with van der Waals surface area (Å²) < 4.78 is 28.9. The number of hydrogen-bond donors (Lipinski definition) is 2. The van der Waals surface area contributed by atoms with Crippen LogP contribution in [0.4, 0.5) is 5.69 Å². The first-order chi connectivity index (χ1) is 21.3. The third-order valence-corrected chi connectivity index (χ3v) is 8.41. The van der Waals surface area contributed by atoms with Crippen LogP contribution in [-0.2, 0) is 37.0 Å². The van der Waals surface area contributed by atoms with E-state index in [0.717, 1.165) is 47.6 Å². The van der Waals surface area contributed by atoms with Gasteiger partial charge in [0.2, 0.25) is 5.91 Å². The summed E-state index contributed by atoms with van der Waals surface area (Å²) in [5.74, 6) is 0.776. The molecule has 1 amide bonds. The van der Waals surface area contributed by atoms with E-state index in [9.17, 15) is 9.90 Å². The molecule has 44 heavy (non-hydrogen) atoms. The molecule has 2 aromatic carbocycles. The molecule has 4 rings (SSSR count). The van der Waals surface area contributed by atoms with E-state index in [-0.39, 0.29) is 30.5 Å². The fourth-order valence-corrected chi connectivity index (χ4v) is 6.18. The first-order valence-corrected chi connectivity index (χ1v) is 15.8. The molecular weight excluding hydrogens is 562 g/mol. The lowest BCUT2D eigenvalue weighted by Crippen LogP contribution is -2.55. The van der Waals surface area contributed by atoms with Crippen LogP contribution in [0, 0.1) is 11.8 Å². The second-order valence-corrected chi connectivity index (χ2v) is 12.2. The number of hydrogen-bond acceptors (Lipinski definition) is 9. The molecule has 0 aromatic heterocycles. The Labute approximate surface area is 262 Å². The summed E-state index contributed by atoms with van der Waals surface area (Å²) in [7, 11) is 3.42. The maximum absolute atomic E-state index is 13.0. The number of carbonyl (C=O) groups excluding carboxylic acids is 1. The molecule has 5 atom stereocenters. The van der Waals surface area contributed by atoms with Gasteiger partial charge in [0, 0.05) is 64.8 Å². The van der Waals surface area contributed by atoms with E-state index >= 15 is 0 Å². The molecule has 0 radical (unpaired) electrons. The van der Waals surface area contributed by atoms with Crippen LogP contribution >= 0.6 is 0 Å². The number of likely N-dealkylation sites (tertiary alicyclic amines) is 1. The maximum Gasteiger partial charge on any atom is 0.239 e. The highest BCUT2D eigenvalue weighted by Crippen LogP contribution is 2.37. The Bertz CT molecular complexity index is 1160. The van der Waals surface area contributed by atoms with Crippen molar-refractivity contribution in [2.75, 3.05) is 78.3 Å². The van der Waals surface area contributed by atoms with Gasteiger partial charge in [-0.05, 0) is 42.2 Å². The standard InChI is InChI=1S/C34H51N3O7/c1-24(20-41-4)21-42-22-26-6-9-28(10-7-26)33-29(19-38)17-37(34(39)25(2)35)18-32(33)44-23-27-8-11-31-30(16-27)36(13-15-43-31)12-5-14-40-3/h6-11,16,24-25,29,32-33,38H,5,12-15,17-23,35H2,1-4H3/t24?,25?,29-,32-,33-/m0/s1. The third kappa shape index (κ3) is 9.15. The van der Waals surface area contributed by atoms with Crippen LogP contribution in [0.3, 0.4) is 0 Å². The molecule has 1 saturated heterocycles. The molecule has 0 bridgehead atoms. The van der Waals surface area contributed by atoms with Gasteiger partial charge in [-0.2, -0.15) is 0 Å². The Morgan fingerprint density at radius 2 is 1.82 bits per heavy atom. The van der Waals surface area contributed by atoms with Crippen molar-refractivity contribution in [3.63, 3.8) is 0 Å². The molecule has 0 saturated carbocycles. The summed E-state index contributed by atoms with van der Waals surface area (Å²) in [6.45, 7) is 9.82. The predicted octanol–water partition coefficient (Wildman–Crippen LogP) is 3.19. The zero-order valence-corrected chi connectivity index (χ0v) is 26.8. The molecule has 2 unspecified atom stereocenters. The van der Waals surface area contributed by atoms with Gasteiger partial charge in [-0.25, -0.2) is 0 Å². The van der Waals surface area contributed by atoms with E-state index in [1.807, 2.05) is 12.1 Å². The molecule has 10 heteroatoms. The first kappa shape index (κ1) is 34.1. The van der Waals surface area contributed by atoms with E-state index in [1.165, 1.54) is 0 Å². The van der Waals surface area contributed by atoms with Crippen LogP contribution in [0.1, 0.15) is 42.9 Å². The molecule has 2 aromatic rings. The molecule has 0 aliphatic carbocycles. The maximum atomic E-state index is 13.0. The van der Waals surface area contributed by atoms with Crippen molar-refractivity contribution in [2.45, 2.75) is 51.5 Å². The molecular formula is C34H51N3O7. The van der Waals surface area contributed by atoms with Gasteiger partial charge in [0.15, 0.2) is 0 Å². The van der Waals surface area contributed by atoms with E-state index in [1.54, 1.807) is 26.0 Å². The summed E-state index contributed by atoms with van der Waals surface area (Å²) in [6.07, 6.45) is 0.607. The Kier molecular flexibility index (Phi) is 13.3. The fraction of sp³-hybridized carbons (Fsp3) is 0.618. The van der Waals surface area contributed by atoms with Gasteiger partial charge >= 0.3 is 0 Å².